The smallest absolute Gasteiger partial charge is 0.307 e. The summed E-state index contributed by atoms with van der Waals surface area (Å²) in [5.41, 5.74) is 0. The third-order valence-electron chi connectivity index (χ3n) is 1.66. The zero-order valence-corrected chi connectivity index (χ0v) is 6.61. The molecular weight excluding hydrogens is 133 g/mol. The zero-order valence-electron chi connectivity index (χ0n) is 6.61. The second kappa shape index (κ2) is 3.86. The first kappa shape index (κ1) is 7.93. The van der Waals surface area contributed by atoms with Crippen molar-refractivity contribution in [1.29, 1.82) is 0 Å². The molecule has 0 aromatic rings. The van der Waals surface area contributed by atoms with E-state index in [0.29, 0.717) is 6.85 Å². The minimum absolute atomic E-state index is 0.331. The Bertz CT molecular complexity index is 206. The molecule has 0 atom stereocenters. The van der Waals surface area contributed by atoms with Crippen LogP contribution in [0.1, 0.15) is 0 Å². The Morgan fingerprint density at radius 1 is 1.36 bits per heavy atom. The van der Waals surface area contributed by atoms with Crippen molar-refractivity contribution in [3.05, 3.63) is 49.5 Å². The molecule has 1 aliphatic rings. The highest BCUT2D eigenvalue weighted by Crippen LogP contribution is 2.04. The summed E-state index contributed by atoms with van der Waals surface area (Å²) in [5, 5.41) is 0. The van der Waals surface area contributed by atoms with Gasteiger partial charge in [0.1, 0.15) is 0 Å². The molecule has 0 saturated carbocycles. The summed E-state index contributed by atoms with van der Waals surface area (Å²) in [5.74, 6) is 4.03. The second-order valence-electron chi connectivity index (χ2n) is 2.44. The van der Waals surface area contributed by atoms with E-state index in [4.69, 9.17) is 0 Å². The lowest BCUT2D eigenvalue weighted by molar-refractivity contribution is 0.652. The molecule has 0 spiro atoms. The third kappa shape index (κ3) is 1.87. The van der Waals surface area contributed by atoms with Gasteiger partial charge in [0, 0.05) is 6.54 Å². The minimum atomic E-state index is 0.331. The monoisotopic (exact) mass is 145 g/mol. The normalized spacial score (nSPS) is 15.3. The number of rotatable bonds is 3. The van der Waals surface area contributed by atoms with Crippen LogP contribution in [0.25, 0.3) is 0 Å². The molecule has 0 N–H and O–H groups in total. The highest BCUT2D eigenvalue weighted by atomic mass is 15.0. The molecule has 0 aromatic carbocycles. The van der Waals surface area contributed by atoms with Crippen LogP contribution in [-0.4, -0.2) is 18.2 Å². The SMILES string of the molecule is C=CCN1C=CC=CB1C=C. The van der Waals surface area contributed by atoms with Crippen LogP contribution >= 0.6 is 0 Å². The van der Waals surface area contributed by atoms with Gasteiger partial charge in [-0.05, 0) is 12.3 Å². The largest absolute Gasteiger partial charge is 0.410 e. The molecule has 1 nitrogen and oxygen atoms in total. The van der Waals surface area contributed by atoms with Gasteiger partial charge in [-0.1, -0.05) is 24.1 Å². The number of allylic oxidation sites excluding steroid dienone is 2. The van der Waals surface area contributed by atoms with E-state index in [-0.39, 0.29) is 0 Å². The molecule has 0 aliphatic carbocycles. The van der Waals surface area contributed by atoms with E-state index in [0.717, 1.165) is 6.54 Å². The van der Waals surface area contributed by atoms with Crippen molar-refractivity contribution >= 4 is 6.85 Å². The Kier molecular flexibility index (Phi) is 2.78. The highest BCUT2D eigenvalue weighted by molar-refractivity contribution is 6.67. The molecule has 0 amide bonds. The summed E-state index contributed by atoms with van der Waals surface area (Å²) in [6, 6.07) is 0. The zero-order chi connectivity index (χ0) is 8.10. The summed E-state index contributed by atoms with van der Waals surface area (Å²) in [7, 11) is 0. The first-order valence-electron chi connectivity index (χ1n) is 3.72. The van der Waals surface area contributed by atoms with E-state index in [9.17, 15) is 0 Å². The van der Waals surface area contributed by atoms with Crippen LogP contribution in [0.3, 0.4) is 0 Å². The lowest BCUT2D eigenvalue weighted by Crippen LogP contribution is -2.33. The van der Waals surface area contributed by atoms with Crippen LogP contribution in [0, 0.1) is 0 Å². The van der Waals surface area contributed by atoms with Crippen LogP contribution in [0.4, 0.5) is 0 Å². The molecule has 0 radical (unpaired) electrons. The fraction of sp³-hybridized carbons (Fsp3) is 0.111. The van der Waals surface area contributed by atoms with E-state index in [1.54, 1.807) is 0 Å². The van der Waals surface area contributed by atoms with Crippen molar-refractivity contribution in [3.8, 4) is 0 Å². The molecule has 0 saturated heterocycles. The van der Waals surface area contributed by atoms with Gasteiger partial charge in [-0.3, -0.25) is 0 Å². The Hall–Kier alpha value is -1.18. The average molecular weight is 145 g/mol. The van der Waals surface area contributed by atoms with E-state index in [1.807, 2.05) is 30.4 Å². The Morgan fingerprint density at radius 2 is 2.18 bits per heavy atom. The van der Waals surface area contributed by atoms with Crippen LogP contribution in [0.2, 0.25) is 0 Å². The second-order valence-corrected chi connectivity index (χ2v) is 2.44. The van der Waals surface area contributed by atoms with Gasteiger partial charge in [-0.15, -0.1) is 13.2 Å². The molecule has 1 heterocycles. The van der Waals surface area contributed by atoms with Gasteiger partial charge in [0.05, 0.1) is 0 Å². The lowest BCUT2D eigenvalue weighted by Gasteiger charge is -2.23. The maximum absolute atomic E-state index is 3.76. The van der Waals surface area contributed by atoms with Crippen LogP contribution in [0.15, 0.2) is 49.5 Å². The fourth-order valence-electron chi connectivity index (χ4n) is 1.09. The molecule has 2 heteroatoms. The standard InChI is InChI=1S/C9H12BN/c1-3-8-11-9-6-5-7-10(11)4-2/h3-7,9H,1-2,8H2. The van der Waals surface area contributed by atoms with Gasteiger partial charge in [-0.2, -0.15) is 0 Å². The van der Waals surface area contributed by atoms with Crippen molar-refractivity contribution in [2.24, 2.45) is 0 Å². The predicted octanol–water partition coefficient (Wildman–Crippen LogP) is 1.81. The Morgan fingerprint density at radius 3 is 2.82 bits per heavy atom. The predicted molar refractivity (Wildman–Crippen MR) is 51.1 cm³/mol. The average Bonchev–Trinajstić information content (AvgIpc) is 2.06. The fourth-order valence-corrected chi connectivity index (χ4v) is 1.09. The van der Waals surface area contributed by atoms with Crippen LogP contribution in [-0.2, 0) is 0 Å². The topological polar surface area (TPSA) is 3.24 Å². The van der Waals surface area contributed by atoms with Crippen molar-refractivity contribution in [2.75, 3.05) is 6.54 Å². The summed E-state index contributed by atoms with van der Waals surface area (Å²) in [6.45, 7) is 8.65. The summed E-state index contributed by atoms with van der Waals surface area (Å²) in [4.78, 5) is 2.17. The molecule has 0 bridgehead atoms. The molecule has 1 rings (SSSR count). The number of hydrogen-bond acceptors (Lipinski definition) is 1. The molecule has 0 aromatic heterocycles. The molecular formula is C9H12BN. The Labute approximate surface area is 68.5 Å². The third-order valence-corrected chi connectivity index (χ3v) is 1.66. The minimum Gasteiger partial charge on any atom is -0.410 e. The summed E-state index contributed by atoms with van der Waals surface area (Å²) < 4.78 is 0. The van der Waals surface area contributed by atoms with Gasteiger partial charge >= 0.3 is 6.85 Å². The van der Waals surface area contributed by atoms with E-state index < -0.39 is 0 Å². The van der Waals surface area contributed by atoms with Crippen LogP contribution < -0.4 is 0 Å². The molecule has 1 aliphatic heterocycles. The van der Waals surface area contributed by atoms with E-state index in [2.05, 4.69) is 23.9 Å². The van der Waals surface area contributed by atoms with Crippen LogP contribution in [0.5, 0.6) is 0 Å². The van der Waals surface area contributed by atoms with E-state index in [1.165, 1.54) is 0 Å². The van der Waals surface area contributed by atoms with Gasteiger partial charge in [0.15, 0.2) is 0 Å². The van der Waals surface area contributed by atoms with Gasteiger partial charge in [0.25, 0.3) is 0 Å². The molecule has 0 unspecified atom stereocenters. The van der Waals surface area contributed by atoms with Gasteiger partial charge in [0.2, 0.25) is 0 Å². The maximum Gasteiger partial charge on any atom is 0.307 e. The highest BCUT2D eigenvalue weighted by Gasteiger charge is 2.13. The Balaban J connectivity index is 2.61. The van der Waals surface area contributed by atoms with Gasteiger partial charge < -0.3 is 4.81 Å². The number of hydrogen-bond donors (Lipinski definition) is 0. The van der Waals surface area contributed by atoms with Gasteiger partial charge in [-0.25, -0.2) is 0 Å². The summed E-state index contributed by atoms with van der Waals surface area (Å²) >= 11 is 0. The molecule has 56 valence electrons. The van der Waals surface area contributed by atoms with Crippen molar-refractivity contribution < 1.29 is 0 Å². The first-order chi connectivity index (χ1) is 5.38. The number of nitrogens with zero attached hydrogens (tertiary/aromatic N) is 1. The quantitative estimate of drug-likeness (QED) is 0.432. The summed E-state index contributed by atoms with van der Waals surface area (Å²) in [6.07, 6.45) is 7.99. The molecule has 11 heavy (non-hydrogen) atoms. The first-order valence-corrected chi connectivity index (χ1v) is 3.72. The van der Waals surface area contributed by atoms with Crippen molar-refractivity contribution in [2.45, 2.75) is 0 Å². The lowest BCUT2D eigenvalue weighted by atomic mass is 9.59. The van der Waals surface area contributed by atoms with Crippen molar-refractivity contribution in [3.63, 3.8) is 0 Å². The van der Waals surface area contributed by atoms with Crippen molar-refractivity contribution in [1.82, 2.24) is 4.81 Å². The van der Waals surface area contributed by atoms with E-state index >= 15 is 0 Å². The maximum atomic E-state index is 3.76. The molecule has 0 fully saturated rings.